The first-order valence-electron chi connectivity index (χ1n) is 5.87. The number of para-hydroxylation sites is 1. The largest absolute Gasteiger partial charge is 0.380 e. The Kier molecular flexibility index (Phi) is 5.17. The molecule has 100 valence electrons. The fraction of sp³-hybridized carbons (Fsp3) is 0.500. The number of anilines is 1. The second-order valence-electron chi connectivity index (χ2n) is 5.20. The molecule has 0 heterocycles. The van der Waals surface area contributed by atoms with Crippen molar-refractivity contribution in [2.45, 2.75) is 32.8 Å². The van der Waals surface area contributed by atoms with Crippen LogP contribution in [0.15, 0.2) is 18.2 Å². The van der Waals surface area contributed by atoms with E-state index < -0.39 is 0 Å². The number of hydrogen-bond donors (Lipinski definition) is 1. The minimum atomic E-state index is -0.203. The van der Waals surface area contributed by atoms with Crippen molar-refractivity contribution in [3.8, 4) is 0 Å². The van der Waals surface area contributed by atoms with Gasteiger partial charge in [0.2, 0.25) is 5.91 Å². The molecule has 0 unspecified atom stereocenters. The van der Waals surface area contributed by atoms with E-state index in [0.717, 1.165) is 16.8 Å². The quantitative estimate of drug-likeness (QED) is 0.852. The Morgan fingerprint density at radius 3 is 2.56 bits per heavy atom. The smallest absolute Gasteiger partial charge is 0.239 e. The third kappa shape index (κ3) is 3.72. The lowest BCUT2D eigenvalue weighted by atomic mass is 9.84. The van der Waals surface area contributed by atoms with Gasteiger partial charge in [0, 0.05) is 12.7 Å². The first-order chi connectivity index (χ1) is 8.40. The molecular formula is C14H20ClNO2. The van der Waals surface area contributed by atoms with Gasteiger partial charge in [-0.2, -0.15) is 0 Å². The fourth-order valence-corrected chi connectivity index (χ4v) is 1.89. The van der Waals surface area contributed by atoms with Crippen LogP contribution in [0, 0.1) is 0 Å². The Balaban J connectivity index is 3.25. The van der Waals surface area contributed by atoms with E-state index in [2.05, 4.69) is 26.1 Å². The van der Waals surface area contributed by atoms with Crippen molar-refractivity contribution in [3.63, 3.8) is 0 Å². The lowest BCUT2D eigenvalue weighted by Crippen LogP contribution is -2.21. The third-order valence-corrected chi connectivity index (χ3v) is 2.89. The van der Waals surface area contributed by atoms with E-state index in [0.29, 0.717) is 6.61 Å². The number of carbonyl (C=O) groups is 1. The molecule has 0 spiro atoms. The van der Waals surface area contributed by atoms with Gasteiger partial charge in [0.05, 0.1) is 12.3 Å². The summed E-state index contributed by atoms with van der Waals surface area (Å²) in [5, 5.41) is 2.87. The molecule has 0 aliphatic heterocycles. The van der Waals surface area contributed by atoms with E-state index in [1.54, 1.807) is 7.11 Å². The number of carbonyl (C=O) groups excluding carboxylic acids is 1. The van der Waals surface area contributed by atoms with Crippen molar-refractivity contribution in [1.82, 2.24) is 0 Å². The Bertz CT molecular complexity index is 424. The highest BCUT2D eigenvalue weighted by Crippen LogP contribution is 2.32. The highest BCUT2D eigenvalue weighted by molar-refractivity contribution is 6.29. The van der Waals surface area contributed by atoms with Gasteiger partial charge in [0.1, 0.15) is 5.88 Å². The predicted molar refractivity (Wildman–Crippen MR) is 75.2 cm³/mol. The predicted octanol–water partition coefficient (Wildman–Crippen LogP) is 3.31. The molecule has 0 aromatic heterocycles. The first-order valence-corrected chi connectivity index (χ1v) is 6.40. The van der Waals surface area contributed by atoms with E-state index in [1.807, 2.05) is 18.2 Å². The van der Waals surface area contributed by atoms with E-state index >= 15 is 0 Å². The molecule has 3 nitrogen and oxygen atoms in total. The van der Waals surface area contributed by atoms with Crippen molar-refractivity contribution in [2.75, 3.05) is 18.3 Å². The van der Waals surface area contributed by atoms with Crippen LogP contribution in [0.4, 0.5) is 5.69 Å². The van der Waals surface area contributed by atoms with Crippen LogP contribution in [0.1, 0.15) is 31.9 Å². The number of halogens is 1. The highest BCUT2D eigenvalue weighted by atomic mass is 35.5. The summed E-state index contributed by atoms with van der Waals surface area (Å²) in [6, 6.07) is 5.94. The summed E-state index contributed by atoms with van der Waals surface area (Å²) in [5.74, 6) is -0.254. The van der Waals surface area contributed by atoms with Crippen molar-refractivity contribution < 1.29 is 9.53 Å². The Labute approximate surface area is 113 Å². The van der Waals surface area contributed by atoms with Crippen molar-refractivity contribution in [1.29, 1.82) is 0 Å². The first kappa shape index (κ1) is 15.0. The Morgan fingerprint density at radius 2 is 2.06 bits per heavy atom. The van der Waals surface area contributed by atoms with Gasteiger partial charge in [0.25, 0.3) is 0 Å². The number of amides is 1. The summed E-state index contributed by atoms with van der Waals surface area (Å²) in [4.78, 5) is 11.5. The van der Waals surface area contributed by atoms with Gasteiger partial charge in [-0.15, -0.1) is 11.6 Å². The highest BCUT2D eigenvalue weighted by Gasteiger charge is 2.21. The van der Waals surface area contributed by atoms with Gasteiger partial charge < -0.3 is 10.1 Å². The van der Waals surface area contributed by atoms with E-state index in [-0.39, 0.29) is 17.2 Å². The van der Waals surface area contributed by atoms with Crippen LogP contribution in [0.3, 0.4) is 0 Å². The van der Waals surface area contributed by atoms with E-state index in [4.69, 9.17) is 16.3 Å². The molecule has 1 aromatic carbocycles. The zero-order valence-corrected chi connectivity index (χ0v) is 12.1. The molecule has 0 radical (unpaired) electrons. The molecular weight excluding hydrogens is 250 g/mol. The number of nitrogens with one attached hydrogen (secondary N) is 1. The average Bonchev–Trinajstić information content (AvgIpc) is 2.30. The molecule has 0 atom stereocenters. The Morgan fingerprint density at radius 1 is 1.39 bits per heavy atom. The van der Waals surface area contributed by atoms with Gasteiger partial charge in [-0.25, -0.2) is 0 Å². The standard InChI is InChI=1S/C14H20ClNO2/c1-14(2,3)11-7-5-6-10(9-18-4)13(11)16-12(17)8-15/h5-7H,8-9H2,1-4H3,(H,16,17). The van der Waals surface area contributed by atoms with Crippen LogP contribution in [0.25, 0.3) is 0 Å². The summed E-state index contributed by atoms with van der Waals surface area (Å²) in [6.45, 7) is 6.78. The van der Waals surface area contributed by atoms with Gasteiger partial charge in [-0.1, -0.05) is 39.0 Å². The minimum absolute atomic E-state index is 0.0507. The summed E-state index contributed by atoms with van der Waals surface area (Å²) in [5.41, 5.74) is 2.80. The molecule has 0 saturated carbocycles. The molecule has 0 saturated heterocycles. The normalized spacial score (nSPS) is 11.4. The second-order valence-corrected chi connectivity index (χ2v) is 5.47. The van der Waals surface area contributed by atoms with Crippen LogP contribution < -0.4 is 5.32 Å². The molecule has 1 N–H and O–H groups in total. The molecule has 0 fully saturated rings. The fourth-order valence-electron chi connectivity index (χ4n) is 1.82. The summed E-state index contributed by atoms with van der Waals surface area (Å²) < 4.78 is 5.17. The van der Waals surface area contributed by atoms with Gasteiger partial charge >= 0.3 is 0 Å². The van der Waals surface area contributed by atoms with Gasteiger partial charge in [0.15, 0.2) is 0 Å². The molecule has 18 heavy (non-hydrogen) atoms. The minimum Gasteiger partial charge on any atom is -0.380 e. The van der Waals surface area contributed by atoms with Crippen molar-refractivity contribution in [2.24, 2.45) is 0 Å². The van der Waals surface area contributed by atoms with Crippen LogP contribution in [0.2, 0.25) is 0 Å². The van der Waals surface area contributed by atoms with Crippen LogP contribution in [-0.4, -0.2) is 18.9 Å². The number of rotatable bonds is 4. The number of alkyl halides is 1. The molecule has 1 rings (SSSR count). The SMILES string of the molecule is COCc1cccc(C(C)(C)C)c1NC(=O)CCl. The Hall–Kier alpha value is -1.06. The summed E-state index contributed by atoms with van der Waals surface area (Å²) in [6.07, 6.45) is 0. The topological polar surface area (TPSA) is 38.3 Å². The van der Waals surface area contributed by atoms with Crippen molar-refractivity contribution in [3.05, 3.63) is 29.3 Å². The maximum Gasteiger partial charge on any atom is 0.239 e. The zero-order chi connectivity index (χ0) is 13.8. The van der Waals surface area contributed by atoms with Crippen molar-refractivity contribution >= 4 is 23.2 Å². The average molecular weight is 270 g/mol. The number of methoxy groups -OCH3 is 1. The second kappa shape index (κ2) is 6.21. The van der Waals surface area contributed by atoms with Crippen LogP contribution in [-0.2, 0) is 21.6 Å². The number of benzene rings is 1. The zero-order valence-electron chi connectivity index (χ0n) is 11.3. The number of ether oxygens (including phenoxy) is 1. The van der Waals surface area contributed by atoms with Gasteiger partial charge in [-0.05, 0) is 11.0 Å². The molecule has 4 heteroatoms. The molecule has 1 amide bonds. The molecule has 0 aliphatic carbocycles. The lowest BCUT2D eigenvalue weighted by molar-refractivity contribution is -0.113. The maximum atomic E-state index is 11.5. The monoisotopic (exact) mass is 269 g/mol. The summed E-state index contributed by atoms with van der Waals surface area (Å²) >= 11 is 5.55. The molecule has 0 bridgehead atoms. The summed E-state index contributed by atoms with van der Waals surface area (Å²) in [7, 11) is 1.64. The van der Waals surface area contributed by atoms with E-state index in [1.165, 1.54) is 0 Å². The third-order valence-electron chi connectivity index (χ3n) is 2.64. The molecule has 1 aromatic rings. The van der Waals surface area contributed by atoms with Gasteiger partial charge in [-0.3, -0.25) is 4.79 Å². The van der Waals surface area contributed by atoms with Crippen LogP contribution >= 0.6 is 11.6 Å². The molecule has 0 aliphatic rings. The van der Waals surface area contributed by atoms with E-state index in [9.17, 15) is 4.79 Å². The maximum absolute atomic E-state index is 11.5. The van der Waals surface area contributed by atoms with Crippen LogP contribution in [0.5, 0.6) is 0 Å². The number of hydrogen-bond acceptors (Lipinski definition) is 2. The lowest BCUT2D eigenvalue weighted by Gasteiger charge is -2.25.